The van der Waals surface area contributed by atoms with Gasteiger partial charge in [0.1, 0.15) is 0 Å². The molecule has 0 bridgehead atoms. The third kappa shape index (κ3) is 10.7. The number of rotatable bonds is 13. The standard InChI is InChI=1S/C20H30O3/c1-2-3-4-5-6-7-8-9-10-11-12-13-14-15-16-17-18-19(23-18)20(21)22/h3-4,6-7,9-10,12-13,18-19H,2,5,8,11,14-17H2,1H3,(H,21,22). The highest BCUT2D eigenvalue weighted by molar-refractivity contribution is 5.75. The molecule has 1 heterocycles. The second-order valence-electron chi connectivity index (χ2n) is 5.72. The number of carboxylic acids is 1. The largest absolute Gasteiger partial charge is 0.479 e. The van der Waals surface area contributed by atoms with E-state index in [1.165, 1.54) is 0 Å². The number of hydrogen-bond acceptors (Lipinski definition) is 2. The number of epoxide rings is 1. The van der Waals surface area contributed by atoms with Crippen LogP contribution in [0.15, 0.2) is 48.6 Å². The SMILES string of the molecule is CCC=CCC=CCC=CCC=CCCCCC1OC1C(=O)O. The zero-order valence-electron chi connectivity index (χ0n) is 14.2. The lowest BCUT2D eigenvalue weighted by Crippen LogP contribution is -2.07. The summed E-state index contributed by atoms with van der Waals surface area (Å²) in [6.45, 7) is 2.15. The van der Waals surface area contributed by atoms with Crippen molar-refractivity contribution in [3.63, 3.8) is 0 Å². The van der Waals surface area contributed by atoms with Crippen LogP contribution >= 0.6 is 0 Å². The van der Waals surface area contributed by atoms with Gasteiger partial charge in [-0.15, -0.1) is 0 Å². The maximum absolute atomic E-state index is 10.6. The van der Waals surface area contributed by atoms with Crippen molar-refractivity contribution >= 4 is 5.97 Å². The van der Waals surface area contributed by atoms with E-state index in [4.69, 9.17) is 9.84 Å². The monoisotopic (exact) mass is 318 g/mol. The first-order valence-corrected chi connectivity index (χ1v) is 8.74. The molecule has 3 heteroatoms. The molecule has 0 aromatic carbocycles. The highest BCUT2D eigenvalue weighted by Gasteiger charge is 2.44. The van der Waals surface area contributed by atoms with Gasteiger partial charge in [-0.05, 0) is 44.9 Å². The Bertz CT molecular complexity index is 432. The molecule has 1 fully saturated rings. The Labute approximate surface area is 140 Å². The Balaban J connectivity index is 1.87. The molecule has 1 N–H and O–H groups in total. The minimum absolute atomic E-state index is 0.0371. The van der Waals surface area contributed by atoms with Crippen LogP contribution in [0.1, 0.15) is 58.3 Å². The van der Waals surface area contributed by atoms with Gasteiger partial charge in [-0.3, -0.25) is 0 Å². The average molecular weight is 318 g/mol. The van der Waals surface area contributed by atoms with E-state index >= 15 is 0 Å². The van der Waals surface area contributed by atoms with E-state index in [9.17, 15) is 4.79 Å². The van der Waals surface area contributed by atoms with Gasteiger partial charge in [-0.25, -0.2) is 4.79 Å². The Kier molecular flexibility index (Phi) is 10.9. The summed E-state index contributed by atoms with van der Waals surface area (Å²) >= 11 is 0. The van der Waals surface area contributed by atoms with Crippen LogP contribution in [-0.2, 0) is 9.53 Å². The minimum Gasteiger partial charge on any atom is -0.479 e. The van der Waals surface area contributed by atoms with Crippen LogP contribution < -0.4 is 0 Å². The lowest BCUT2D eigenvalue weighted by Gasteiger charge is -1.94. The number of aliphatic carboxylic acids is 1. The Morgan fingerprint density at radius 3 is 2.00 bits per heavy atom. The van der Waals surface area contributed by atoms with Gasteiger partial charge >= 0.3 is 5.97 Å². The Morgan fingerprint density at radius 2 is 1.48 bits per heavy atom. The predicted molar refractivity (Wildman–Crippen MR) is 95.5 cm³/mol. The van der Waals surface area contributed by atoms with Crippen LogP contribution in [0.3, 0.4) is 0 Å². The molecule has 0 aliphatic carbocycles. The van der Waals surface area contributed by atoms with Gasteiger partial charge < -0.3 is 9.84 Å². The Morgan fingerprint density at radius 1 is 0.913 bits per heavy atom. The predicted octanol–water partition coefficient (Wildman–Crippen LogP) is 5.20. The van der Waals surface area contributed by atoms with E-state index in [1.54, 1.807) is 0 Å². The fourth-order valence-corrected chi connectivity index (χ4v) is 2.28. The van der Waals surface area contributed by atoms with Crippen LogP contribution in [0.4, 0.5) is 0 Å². The lowest BCUT2D eigenvalue weighted by molar-refractivity contribution is -0.138. The molecule has 2 unspecified atom stereocenters. The lowest BCUT2D eigenvalue weighted by atomic mass is 10.1. The first-order chi connectivity index (χ1) is 11.3. The van der Waals surface area contributed by atoms with Crippen molar-refractivity contribution in [1.82, 2.24) is 0 Å². The van der Waals surface area contributed by atoms with E-state index in [1.807, 2.05) is 0 Å². The molecule has 0 amide bonds. The molecule has 23 heavy (non-hydrogen) atoms. The van der Waals surface area contributed by atoms with Gasteiger partial charge in [-0.1, -0.05) is 62.0 Å². The number of hydrogen-bond donors (Lipinski definition) is 1. The number of carboxylic acid groups (broad SMARTS) is 1. The zero-order chi connectivity index (χ0) is 16.8. The van der Waals surface area contributed by atoms with E-state index in [0.29, 0.717) is 0 Å². The molecule has 1 rings (SSSR count). The first-order valence-electron chi connectivity index (χ1n) is 8.74. The third-order valence-corrected chi connectivity index (χ3v) is 3.65. The number of allylic oxidation sites excluding steroid dienone is 8. The molecule has 1 aliphatic rings. The van der Waals surface area contributed by atoms with Crippen LogP contribution in [0, 0.1) is 0 Å². The van der Waals surface area contributed by atoms with E-state index < -0.39 is 12.1 Å². The molecule has 0 saturated carbocycles. The van der Waals surface area contributed by atoms with Crippen molar-refractivity contribution in [2.75, 3.05) is 0 Å². The highest BCUT2D eigenvalue weighted by atomic mass is 16.6. The van der Waals surface area contributed by atoms with Crippen molar-refractivity contribution in [3.8, 4) is 0 Å². The number of unbranched alkanes of at least 4 members (excludes halogenated alkanes) is 2. The summed E-state index contributed by atoms with van der Waals surface area (Å²) in [5, 5.41) is 8.70. The summed E-state index contributed by atoms with van der Waals surface area (Å²) in [5.74, 6) is -0.825. The third-order valence-electron chi connectivity index (χ3n) is 3.65. The maximum Gasteiger partial charge on any atom is 0.335 e. The van der Waals surface area contributed by atoms with Crippen molar-refractivity contribution in [3.05, 3.63) is 48.6 Å². The van der Waals surface area contributed by atoms with Crippen molar-refractivity contribution in [2.45, 2.75) is 70.5 Å². The van der Waals surface area contributed by atoms with Crippen molar-refractivity contribution < 1.29 is 14.6 Å². The molecule has 128 valence electrons. The molecule has 0 aromatic rings. The van der Waals surface area contributed by atoms with E-state index in [-0.39, 0.29) is 6.10 Å². The van der Waals surface area contributed by atoms with Gasteiger partial charge in [0.2, 0.25) is 0 Å². The molecule has 2 atom stereocenters. The minimum atomic E-state index is -0.825. The first kappa shape index (κ1) is 19.4. The second kappa shape index (κ2) is 12.9. The average Bonchev–Trinajstić information content (AvgIpc) is 3.31. The summed E-state index contributed by atoms with van der Waals surface area (Å²) in [6, 6.07) is 0. The van der Waals surface area contributed by atoms with Gasteiger partial charge in [-0.2, -0.15) is 0 Å². The van der Waals surface area contributed by atoms with Crippen molar-refractivity contribution in [2.24, 2.45) is 0 Å². The summed E-state index contributed by atoms with van der Waals surface area (Å²) in [6.07, 6.45) is 25.2. The quantitative estimate of drug-likeness (QED) is 0.288. The van der Waals surface area contributed by atoms with Crippen LogP contribution in [0.2, 0.25) is 0 Å². The molecule has 1 aliphatic heterocycles. The molecule has 0 radical (unpaired) electrons. The maximum atomic E-state index is 10.6. The summed E-state index contributed by atoms with van der Waals surface area (Å²) in [5.41, 5.74) is 0. The van der Waals surface area contributed by atoms with Gasteiger partial charge in [0.05, 0.1) is 6.10 Å². The van der Waals surface area contributed by atoms with Gasteiger partial charge in [0.25, 0.3) is 0 Å². The number of carbonyl (C=O) groups is 1. The molecule has 3 nitrogen and oxygen atoms in total. The fourth-order valence-electron chi connectivity index (χ4n) is 2.28. The van der Waals surface area contributed by atoms with E-state index in [0.717, 1.165) is 51.4 Å². The summed E-state index contributed by atoms with van der Waals surface area (Å²) < 4.78 is 5.06. The number of ether oxygens (including phenoxy) is 1. The van der Waals surface area contributed by atoms with Crippen LogP contribution in [-0.4, -0.2) is 23.3 Å². The fraction of sp³-hybridized carbons (Fsp3) is 0.550. The topological polar surface area (TPSA) is 49.8 Å². The molecular formula is C20H30O3. The van der Waals surface area contributed by atoms with Gasteiger partial charge in [0.15, 0.2) is 6.10 Å². The van der Waals surface area contributed by atoms with Crippen LogP contribution in [0.25, 0.3) is 0 Å². The molecule has 0 aromatic heterocycles. The van der Waals surface area contributed by atoms with Gasteiger partial charge in [0, 0.05) is 0 Å². The molecule has 1 saturated heterocycles. The van der Waals surface area contributed by atoms with Crippen molar-refractivity contribution in [1.29, 1.82) is 0 Å². The van der Waals surface area contributed by atoms with Crippen LogP contribution in [0.5, 0.6) is 0 Å². The highest BCUT2D eigenvalue weighted by Crippen LogP contribution is 2.27. The zero-order valence-corrected chi connectivity index (χ0v) is 14.2. The smallest absolute Gasteiger partial charge is 0.335 e. The molecule has 0 spiro atoms. The van der Waals surface area contributed by atoms with E-state index in [2.05, 4.69) is 55.5 Å². The second-order valence-corrected chi connectivity index (χ2v) is 5.72. The normalized spacial score (nSPS) is 21.3. The molecular weight excluding hydrogens is 288 g/mol. The summed E-state index contributed by atoms with van der Waals surface area (Å²) in [7, 11) is 0. The Hall–Kier alpha value is -1.61. The summed E-state index contributed by atoms with van der Waals surface area (Å²) in [4.78, 5) is 10.6.